The summed E-state index contributed by atoms with van der Waals surface area (Å²) in [7, 11) is 0. The fourth-order valence-corrected chi connectivity index (χ4v) is 10.5. The predicted octanol–water partition coefficient (Wildman–Crippen LogP) is 7.61. The predicted molar refractivity (Wildman–Crippen MR) is 172 cm³/mol. The Morgan fingerprint density at radius 1 is 0.415 bits per heavy atom. The van der Waals surface area contributed by atoms with E-state index in [9.17, 15) is 0 Å². The number of hydrogen-bond acceptors (Lipinski definition) is 3. The van der Waals surface area contributed by atoms with Crippen LogP contribution in [0.5, 0.6) is 0 Å². The van der Waals surface area contributed by atoms with Gasteiger partial charge in [-0.2, -0.15) is 0 Å². The van der Waals surface area contributed by atoms with Crippen molar-refractivity contribution in [3.63, 3.8) is 0 Å². The second-order valence-electron chi connectivity index (χ2n) is 11.2. The van der Waals surface area contributed by atoms with Crippen molar-refractivity contribution in [3.8, 4) is 0 Å². The molecule has 4 heterocycles. The maximum atomic E-state index is 2.46. The van der Waals surface area contributed by atoms with Gasteiger partial charge in [-0.3, -0.25) is 0 Å². The third kappa shape index (κ3) is 2.68. The quantitative estimate of drug-likeness (QED) is 0.192. The zero-order chi connectivity index (χ0) is 26.7. The molecule has 0 fully saturated rings. The molecule has 4 heteroatoms. The van der Waals surface area contributed by atoms with Crippen molar-refractivity contribution in [2.45, 2.75) is 25.0 Å². The molecule has 0 bridgehead atoms. The molecule has 190 valence electrons. The van der Waals surface area contributed by atoms with Crippen molar-refractivity contribution in [2.24, 2.45) is 0 Å². The van der Waals surface area contributed by atoms with Gasteiger partial charge in [0.15, 0.2) is 0 Å². The van der Waals surface area contributed by atoms with Gasteiger partial charge >= 0.3 is 0 Å². The highest BCUT2D eigenvalue weighted by Crippen LogP contribution is 2.59. The van der Waals surface area contributed by atoms with Gasteiger partial charge in [0.2, 0.25) is 6.71 Å². The van der Waals surface area contributed by atoms with Crippen LogP contribution in [-0.4, -0.2) is 6.71 Å². The topological polar surface area (TPSA) is 3.24 Å². The third-order valence-electron chi connectivity index (χ3n) is 9.38. The molecule has 0 atom stereocenters. The van der Waals surface area contributed by atoms with E-state index in [2.05, 4.69) is 138 Å². The standard InChI is InChI=1S/C37H22BNS2/c1-2-11-23(12-3-1)39-28-17-6-4-13-24(28)37(25-14-5-7-18-29(25)39)26-15-8-19-30-34(26)38-35-27(37)16-9-20-31(35)41-33-22-10-21-32(40-30)36(33)38/h1-22H. The van der Waals surface area contributed by atoms with Gasteiger partial charge in [0.1, 0.15) is 0 Å². The van der Waals surface area contributed by atoms with Gasteiger partial charge in [0, 0.05) is 25.3 Å². The molecule has 0 saturated heterocycles. The van der Waals surface area contributed by atoms with E-state index < -0.39 is 5.41 Å². The average molecular weight is 556 g/mol. The number of hydrogen-bond donors (Lipinski definition) is 0. The largest absolute Gasteiger partial charge is 0.310 e. The molecule has 0 aliphatic carbocycles. The van der Waals surface area contributed by atoms with Crippen LogP contribution in [-0.2, 0) is 5.41 Å². The van der Waals surface area contributed by atoms with Crippen LogP contribution in [0.2, 0.25) is 0 Å². The molecule has 0 radical (unpaired) electrons. The maximum Gasteiger partial charge on any atom is 0.247 e. The van der Waals surface area contributed by atoms with Crippen LogP contribution < -0.4 is 21.3 Å². The minimum absolute atomic E-state index is 0.262. The molecule has 0 amide bonds. The van der Waals surface area contributed by atoms with Crippen LogP contribution in [0.15, 0.2) is 153 Å². The second-order valence-corrected chi connectivity index (χ2v) is 13.4. The second kappa shape index (κ2) is 8.00. The van der Waals surface area contributed by atoms with Gasteiger partial charge in [-0.1, -0.05) is 119 Å². The Morgan fingerprint density at radius 3 is 1.41 bits per heavy atom. The van der Waals surface area contributed by atoms with Crippen molar-refractivity contribution in [1.29, 1.82) is 0 Å². The van der Waals surface area contributed by atoms with E-state index in [0.29, 0.717) is 0 Å². The number of fused-ring (bicyclic) bond motifs is 6. The van der Waals surface area contributed by atoms with Crippen molar-refractivity contribution in [3.05, 3.63) is 156 Å². The minimum Gasteiger partial charge on any atom is -0.310 e. The van der Waals surface area contributed by atoms with Gasteiger partial charge in [-0.25, -0.2) is 0 Å². The Balaban J connectivity index is 1.40. The fourth-order valence-electron chi connectivity index (χ4n) is 8.00. The summed E-state index contributed by atoms with van der Waals surface area (Å²) in [6, 6.07) is 50.1. The first kappa shape index (κ1) is 22.6. The molecule has 1 spiro atoms. The molecule has 10 rings (SSSR count). The lowest BCUT2D eigenvalue weighted by Gasteiger charge is -2.52. The van der Waals surface area contributed by atoms with Gasteiger partial charge in [0.25, 0.3) is 0 Å². The van der Waals surface area contributed by atoms with Crippen LogP contribution in [0.25, 0.3) is 0 Å². The fraction of sp³-hybridized carbons (Fsp3) is 0.0270. The summed E-state index contributed by atoms with van der Waals surface area (Å²) in [4.78, 5) is 8.05. The Kier molecular flexibility index (Phi) is 4.40. The summed E-state index contributed by atoms with van der Waals surface area (Å²) in [5, 5.41) is 0. The van der Waals surface area contributed by atoms with Crippen LogP contribution in [0.1, 0.15) is 22.3 Å². The first-order valence-electron chi connectivity index (χ1n) is 14.2. The number of anilines is 3. The Hall–Kier alpha value is -4.12. The zero-order valence-electron chi connectivity index (χ0n) is 22.0. The molecule has 6 aromatic rings. The smallest absolute Gasteiger partial charge is 0.247 e. The van der Waals surface area contributed by atoms with Crippen LogP contribution in [0.3, 0.4) is 0 Å². The Labute approximate surface area is 248 Å². The first-order valence-corrected chi connectivity index (χ1v) is 15.8. The average Bonchev–Trinajstić information content (AvgIpc) is 3.03. The van der Waals surface area contributed by atoms with E-state index in [0.717, 1.165) is 0 Å². The molecule has 0 unspecified atom stereocenters. The molecule has 6 aromatic carbocycles. The molecule has 41 heavy (non-hydrogen) atoms. The SMILES string of the molecule is c1ccc(N2c3ccccc3C3(c4ccccc42)c2cccc4c2B2c5c(cccc5Sc5cccc3c52)S4)cc1. The lowest BCUT2D eigenvalue weighted by atomic mass is 9.30. The molecular formula is C37H22BNS2. The van der Waals surface area contributed by atoms with Gasteiger partial charge in [0.05, 0.1) is 16.8 Å². The van der Waals surface area contributed by atoms with Crippen LogP contribution >= 0.6 is 23.5 Å². The summed E-state index contributed by atoms with van der Waals surface area (Å²) in [6.07, 6.45) is 0. The highest BCUT2D eigenvalue weighted by molar-refractivity contribution is 8.01. The van der Waals surface area contributed by atoms with E-state index >= 15 is 0 Å². The molecule has 0 aromatic heterocycles. The minimum atomic E-state index is -0.420. The third-order valence-corrected chi connectivity index (χ3v) is 11.7. The van der Waals surface area contributed by atoms with Crippen LogP contribution in [0, 0.1) is 0 Å². The summed E-state index contributed by atoms with van der Waals surface area (Å²) in [6.45, 7) is 0.262. The van der Waals surface area contributed by atoms with Crippen molar-refractivity contribution >= 4 is 63.7 Å². The van der Waals surface area contributed by atoms with E-state index in [4.69, 9.17) is 0 Å². The van der Waals surface area contributed by atoms with Gasteiger partial charge < -0.3 is 4.90 Å². The van der Waals surface area contributed by atoms with Crippen LogP contribution in [0.4, 0.5) is 17.1 Å². The lowest BCUT2D eigenvalue weighted by Crippen LogP contribution is -2.66. The summed E-state index contributed by atoms with van der Waals surface area (Å²) >= 11 is 3.90. The first-order chi connectivity index (χ1) is 20.4. The highest BCUT2D eigenvalue weighted by atomic mass is 32.2. The van der Waals surface area contributed by atoms with Gasteiger partial charge in [-0.05, 0) is 76.2 Å². The van der Waals surface area contributed by atoms with E-state index in [1.807, 2.05) is 23.5 Å². The summed E-state index contributed by atoms with van der Waals surface area (Å²) in [5.74, 6) is 0. The highest BCUT2D eigenvalue weighted by Gasteiger charge is 2.55. The lowest BCUT2D eigenvalue weighted by molar-refractivity contribution is 0.732. The van der Waals surface area contributed by atoms with Crippen molar-refractivity contribution in [2.75, 3.05) is 4.90 Å². The Bertz CT molecular complexity index is 1960. The monoisotopic (exact) mass is 555 g/mol. The zero-order valence-corrected chi connectivity index (χ0v) is 23.7. The Morgan fingerprint density at radius 2 is 0.854 bits per heavy atom. The maximum absolute atomic E-state index is 2.46. The number of para-hydroxylation sites is 3. The molecule has 0 N–H and O–H groups in total. The number of benzene rings is 6. The normalized spacial score (nSPS) is 15.7. The van der Waals surface area contributed by atoms with Crippen molar-refractivity contribution in [1.82, 2.24) is 0 Å². The number of rotatable bonds is 1. The number of nitrogens with zero attached hydrogens (tertiary/aromatic N) is 1. The molecule has 4 aliphatic rings. The summed E-state index contributed by atoms with van der Waals surface area (Å²) in [5.41, 5.74) is 13.3. The van der Waals surface area contributed by atoms with Gasteiger partial charge in [-0.15, -0.1) is 0 Å². The molecular weight excluding hydrogens is 533 g/mol. The summed E-state index contributed by atoms with van der Waals surface area (Å²) < 4.78 is 0. The van der Waals surface area contributed by atoms with Crippen molar-refractivity contribution < 1.29 is 0 Å². The van der Waals surface area contributed by atoms with E-state index in [1.165, 1.54) is 75.3 Å². The van der Waals surface area contributed by atoms with E-state index in [1.54, 1.807) is 0 Å². The molecule has 4 aliphatic heterocycles. The molecule has 1 nitrogen and oxygen atoms in total. The van der Waals surface area contributed by atoms with E-state index in [-0.39, 0.29) is 6.71 Å². The molecule has 0 saturated carbocycles.